The molecule has 46 valence electrons. The van der Waals surface area contributed by atoms with Crippen molar-refractivity contribution in [2.75, 3.05) is 0 Å². The molecule has 3 heteroatoms. The Labute approximate surface area is 48.3 Å². The second-order valence-electron chi connectivity index (χ2n) is 1.23. The van der Waals surface area contributed by atoms with Gasteiger partial charge >= 0.3 is 0 Å². The van der Waals surface area contributed by atoms with E-state index >= 15 is 0 Å². The van der Waals surface area contributed by atoms with Crippen LogP contribution in [-0.4, -0.2) is 12.6 Å². The van der Waals surface area contributed by atoms with Crippen molar-refractivity contribution in [3.63, 3.8) is 0 Å². The van der Waals surface area contributed by atoms with Crippen LogP contribution in [0, 0.1) is 0 Å². The molecule has 0 saturated heterocycles. The summed E-state index contributed by atoms with van der Waals surface area (Å²) in [5.74, 6) is 0. The van der Waals surface area contributed by atoms with E-state index in [4.69, 9.17) is 4.74 Å². The Hall–Kier alpha value is -0.990. The Morgan fingerprint density at radius 2 is 2.50 bits per heavy atom. The Kier molecular flexibility index (Phi) is 3.66. The minimum atomic E-state index is -0.273. The lowest BCUT2D eigenvalue weighted by Crippen LogP contribution is -2.25. The molecule has 0 saturated carbocycles. The van der Waals surface area contributed by atoms with Gasteiger partial charge in [-0.1, -0.05) is 6.58 Å². The molecule has 0 aliphatic carbocycles. The standard InChI is InChI=1S/C5H9NO2/c1-3-8-5(2)6-4-7/h3-5H,1H2,2H3,(H,6,7). The van der Waals surface area contributed by atoms with Crippen LogP contribution in [0.1, 0.15) is 6.92 Å². The molecule has 0 aromatic rings. The van der Waals surface area contributed by atoms with E-state index < -0.39 is 0 Å². The molecule has 0 heterocycles. The fourth-order valence-electron chi connectivity index (χ4n) is 0.279. The summed E-state index contributed by atoms with van der Waals surface area (Å²) in [6.45, 7) is 5.01. The molecule has 0 aliphatic heterocycles. The van der Waals surface area contributed by atoms with Gasteiger partial charge in [-0.2, -0.15) is 0 Å². The van der Waals surface area contributed by atoms with E-state index in [0.717, 1.165) is 0 Å². The molecule has 0 bridgehead atoms. The third kappa shape index (κ3) is 3.21. The van der Waals surface area contributed by atoms with Gasteiger partial charge in [-0.25, -0.2) is 0 Å². The summed E-state index contributed by atoms with van der Waals surface area (Å²) in [6, 6.07) is 0. The van der Waals surface area contributed by atoms with Gasteiger partial charge in [0.15, 0.2) is 6.23 Å². The number of nitrogens with one attached hydrogen (secondary N) is 1. The van der Waals surface area contributed by atoms with Crippen LogP contribution in [0.25, 0.3) is 0 Å². The van der Waals surface area contributed by atoms with Crippen molar-refractivity contribution in [3.05, 3.63) is 12.8 Å². The van der Waals surface area contributed by atoms with Crippen LogP contribution < -0.4 is 5.32 Å². The van der Waals surface area contributed by atoms with E-state index in [2.05, 4.69) is 11.9 Å². The summed E-state index contributed by atoms with van der Waals surface area (Å²) in [7, 11) is 0. The zero-order valence-corrected chi connectivity index (χ0v) is 4.76. The van der Waals surface area contributed by atoms with E-state index in [1.165, 1.54) is 6.26 Å². The number of hydrogen-bond donors (Lipinski definition) is 1. The zero-order chi connectivity index (χ0) is 6.41. The summed E-state index contributed by atoms with van der Waals surface area (Å²) in [6.07, 6.45) is 1.58. The lowest BCUT2D eigenvalue weighted by atomic mass is 10.7. The molecule has 1 N–H and O–H groups in total. The number of ether oxygens (including phenoxy) is 1. The van der Waals surface area contributed by atoms with Crippen LogP contribution in [-0.2, 0) is 9.53 Å². The van der Waals surface area contributed by atoms with E-state index in [0.29, 0.717) is 6.41 Å². The van der Waals surface area contributed by atoms with E-state index in [1.807, 2.05) is 0 Å². The average Bonchev–Trinajstić information content (AvgIpc) is 1.68. The molecule has 0 aromatic carbocycles. The summed E-state index contributed by atoms with van der Waals surface area (Å²) in [4.78, 5) is 9.66. The summed E-state index contributed by atoms with van der Waals surface area (Å²) in [5, 5.41) is 2.37. The average molecular weight is 115 g/mol. The Bertz CT molecular complexity index is 72.5. The maximum Gasteiger partial charge on any atom is 0.209 e. The molecule has 0 rings (SSSR count). The van der Waals surface area contributed by atoms with Gasteiger partial charge in [0, 0.05) is 0 Å². The van der Waals surface area contributed by atoms with Crippen LogP contribution in [0.4, 0.5) is 0 Å². The molecular weight excluding hydrogens is 106 g/mol. The molecule has 0 radical (unpaired) electrons. The van der Waals surface area contributed by atoms with Gasteiger partial charge in [-0.3, -0.25) is 4.79 Å². The fraction of sp³-hybridized carbons (Fsp3) is 0.400. The van der Waals surface area contributed by atoms with Crippen LogP contribution in [0.3, 0.4) is 0 Å². The first-order chi connectivity index (χ1) is 3.81. The van der Waals surface area contributed by atoms with Gasteiger partial charge in [0.25, 0.3) is 0 Å². The number of amides is 1. The Balaban J connectivity index is 3.16. The SMILES string of the molecule is C=COC(C)NC=O. The molecule has 0 aromatic heterocycles. The van der Waals surface area contributed by atoms with Crippen molar-refractivity contribution in [1.82, 2.24) is 5.32 Å². The summed E-state index contributed by atoms with van der Waals surface area (Å²) < 4.78 is 4.70. The molecule has 0 spiro atoms. The maximum atomic E-state index is 9.66. The van der Waals surface area contributed by atoms with Gasteiger partial charge < -0.3 is 10.1 Å². The Morgan fingerprint density at radius 1 is 1.88 bits per heavy atom. The minimum absolute atomic E-state index is 0.273. The highest BCUT2D eigenvalue weighted by atomic mass is 16.5. The van der Waals surface area contributed by atoms with E-state index in [1.54, 1.807) is 6.92 Å². The largest absolute Gasteiger partial charge is 0.479 e. The summed E-state index contributed by atoms with van der Waals surface area (Å²) in [5.41, 5.74) is 0. The van der Waals surface area contributed by atoms with Gasteiger partial charge in [-0.15, -0.1) is 0 Å². The van der Waals surface area contributed by atoms with E-state index in [-0.39, 0.29) is 6.23 Å². The first-order valence-electron chi connectivity index (χ1n) is 2.27. The predicted octanol–water partition coefficient (Wildman–Crippen LogP) is 0.238. The van der Waals surface area contributed by atoms with E-state index in [9.17, 15) is 4.79 Å². The normalized spacial score (nSPS) is 11.6. The number of rotatable bonds is 4. The lowest BCUT2D eigenvalue weighted by molar-refractivity contribution is -0.112. The second kappa shape index (κ2) is 4.18. The molecule has 1 unspecified atom stereocenters. The minimum Gasteiger partial charge on any atom is -0.479 e. The van der Waals surface area contributed by atoms with Gasteiger partial charge in [0.1, 0.15) is 0 Å². The first kappa shape index (κ1) is 7.01. The molecule has 0 fully saturated rings. The molecule has 1 atom stereocenters. The Morgan fingerprint density at radius 3 is 2.88 bits per heavy atom. The predicted molar refractivity (Wildman–Crippen MR) is 29.9 cm³/mol. The number of carbonyl (C=O) groups excluding carboxylic acids is 1. The first-order valence-corrected chi connectivity index (χ1v) is 2.27. The van der Waals surface area contributed by atoms with Crippen molar-refractivity contribution in [1.29, 1.82) is 0 Å². The van der Waals surface area contributed by atoms with Gasteiger partial charge in [0.2, 0.25) is 6.41 Å². The van der Waals surface area contributed by atoms with Crippen molar-refractivity contribution < 1.29 is 9.53 Å². The number of hydrogen-bond acceptors (Lipinski definition) is 2. The van der Waals surface area contributed by atoms with Gasteiger partial charge in [-0.05, 0) is 6.92 Å². The molecule has 1 amide bonds. The third-order valence-corrected chi connectivity index (χ3v) is 0.603. The molecule has 3 nitrogen and oxygen atoms in total. The monoisotopic (exact) mass is 115 g/mol. The summed E-state index contributed by atoms with van der Waals surface area (Å²) >= 11 is 0. The van der Waals surface area contributed by atoms with Crippen LogP contribution in [0.15, 0.2) is 12.8 Å². The highest BCUT2D eigenvalue weighted by Gasteiger charge is 1.91. The third-order valence-electron chi connectivity index (χ3n) is 0.603. The fourth-order valence-corrected chi connectivity index (χ4v) is 0.279. The molecule has 0 aliphatic rings. The molecular formula is C5H9NO2. The lowest BCUT2D eigenvalue weighted by Gasteiger charge is -2.07. The van der Waals surface area contributed by atoms with Crippen molar-refractivity contribution in [2.24, 2.45) is 0 Å². The second-order valence-corrected chi connectivity index (χ2v) is 1.23. The van der Waals surface area contributed by atoms with Crippen molar-refractivity contribution in [2.45, 2.75) is 13.2 Å². The maximum absolute atomic E-state index is 9.66. The van der Waals surface area contributed by atoms with Crippen molar-refractivity contribution in [3.8, 4) is 0 Å². The topological polar surface area (TPSA) is 38.3 Å². The number of carbonyl (C=O) groups is 1. The highest BCUT2D eigenvalue weighted by molar-refractivity contribution is 5.46. The molecule has 8 heavy (non-hydrogen) atoms. The van der Waals surface area contributed by atoms with Gasteiger partial charge in [0.05, 0.1) is 6.26 Å². The zero-order valence-electron chi connectivity index (χ0n) is 4.76. The smallest absolute Gasteiger partial charge is 0.209 e. The highest BCUT2D eigenvalue weighted by Crippen LogP contribution is 1.80. The van der Waals surface area contributed by atoms with Crippen molar-refractivity contribution >= 4 is 6.41 Å². The quantitative estimate of drug-likeness (QED) is 0.324. The van der Waals surface area contributed by atoms with Crippen LogP contribution in [0.5, 0.6) is 0 Å². The van der Waals surface area contributed by atoms with Crippen LogP contribution >= 0.6 is 0 Å². The van der Waals surface area contributed by atoms with Crippen LogP contribution in [0.2, 0.25) is 0 Å².